The molecule has 0 unspecified atom stereocenters. The van der Waals surface area contributed by atoms with E-state index in [9.17, 15) is 18.5 Å². The number of nitro groups is 1. The van der Waals surface area contributed by atoms with E-state index in [-0.39, 0.29) is 11.4 Å². The average Bonchev–Trinajstić information content (AvgIpc) is 2.66. The summed E-state index contributed by atoms with van der Waals surface area (Å²) in [5, 5.41) is 15.0. The molecule has 0 atom stereocenters. The maximum Gasteiger partial charge on any atom is 0.290 e. The van der Waals surface area contributed by atoms with Crippen LogP contribution in [0.3, 0.4) is 0 Å². The molecular weight excluding hydrogens is 298 g/mol. The lowest BCUT2D eigenvalue weighted by Crippen LogP contribution is -2.15. The third kappa shape index (κ3) is 2.94. The Morgan fingerprint density at radius 1 is 1.43 bits per heavy atom. The highest BCUT2D eigenvalue weighted by atomic mass is 32.2. The summed E-state index contributed by atoms with van der Waals surface area (Å²) in [4.78, 5) is 9.70. The number of nitrogen functional groups attached to an aromatic ring is 1. The molecule has 0 aliphatic carbocycles. The molecule has 0 aliphatic heterocycles. The zero-order valence-electron chi connectivity index (χ0n) is 11.3. The van der Waals surface area contributed by atoms with Crippen LogP contribution in [0.15, 0.2) is 29.3 Å². The van der Waals surface area contributed by atoms with Crippen LogP contribution < -0.4 is 10.5 Å². The molecule has 10 heteroatoms. The summed E-state index contributed by atoms with van der Waals surface area (Å²) in [5.74, 6) is 0. The minimum Gasteiger partial charge on any atom is -0.399 e. The van der Waals surface area contributed by atoms with Gasteiger partial charge in [-0.15, -0.1) is 0 Å². The van der Waals surface area contributed by atoms with Gasteiger partial charge < -0.3 is 5.73 Å². The summed E-state index contributed by atoms with van der Waals surface area (Å²) in [6.45, 7) is 1.62. The fourth-order valence-electron chi connectivity index (χ4n) is 1.80. The molecule has 2 aromatic rings. The SMILES string of the molecule is Cc1nn(C)cc1NS(=O)(=O)c1cc(N)ccc1[N+](=O)[O-]. The van der Waals surface area contributed by atoms with Gasteiger partial charge in [0.05, 0.1) is 16.3 Å². The van der Waals surface area contributed by atoms with Gasteiger partial charge in [0.2, 0.25) is 0 Å². The number of rotatable bonds is 4. The van der Waals surface area contributed by atoms with Crippen molar-refractivity contribution in [2.75, 3.05) is 10.5 Å². The topological polar surface area (TPSA) is 133 Å². The second-order valence-electron chi connectivity index (χ2n) is 4.39. The van der Waals surface area contributed by atoms with Crippen molar-refractivity contribution in [2.45, 2.75) is 11.8 Å². The molecule has 9 nitrogen and oxygen atoms in total. The smallest absolute Gasteiger partial charge is 0.290 e. The third-order valence-corrected chi connectivity index (χ3v) is 4.12. The van der Waals surface area contributed by atoms with Gasteiger partial charge in [-0.05, 0) is 19.1 Å². The lowest BCUT2D eigenvalue weighted by Gasteiger charge is -2.08. The zero-order chi connectivity index (χ0) is 15.8. The summed E-state index contributed by atoms with van der Waals surface area (Å²) < 4.78 is 28.4. The number of aromatic nitrogens is 2. The number of nitrogens with one attached hydrogen (secondary N) is 1. The number of hydrogen-bond donors (Lipinski definition) is 2. The predicted molar refractivity (Wildman–Crippen MR) is 76.3 cm³/mol. The van der Waals surface area contributed by atoms with E-state index in [1.807, 2.05) is 0 Å². The van der Waals surface area contributed by atoms with Gasteiger partial charge in [0, 0.05) is 25.0 Å². The second-order valence-corrected chi connectivity index (χ2v) is 6.04. The Labute approximate surface area is 120 Å². The molecular formula is C11H13N5O4S. The Balaban J connectivity index is 2.51. The van der Waals surface area contributed by atoms with Crippen LogP contribution in [0.25, 0.3) is 0 Å². The van der Waals surface area contributed by atoms with E-state index in [0.29, 0.717) is 5.69 Å². The third-order valence-electron chi connectivity index (χ3n) is 2.73. The highest BCUT2D eigenvalue weighted by molar-refractivity contribution is 7.92. The first-order chi connectivity index (χ1) is 9.70. The van der Waals surface area contributed by atoms with E-state index >= 15 is 0 Å². The molecule has 0 saturated carbocycles. The number of aryl methyl sites for hydroxylation is 2. The lowest BCUT2D eigenvalue weighted by atomic mass is 10.3. The molecule has 2 rings (SSSR count). The first kappa shape index (κ1) is 14.8. The maximum atomic E-state index is 12.3. The molecule has 0 amide bonds. The fourth-order valence-corrected chi connectivity index (χ4v) is 3.11. The van der Waals surface area contributed by atoms with Gasteiger partial charge in [0.1, 0.15) is 0 Å². The standard InChI is InChI=1S/C11H13N5O4S/c1-7-9(6-15(2)13-7)14-21(19,20)11-5-8(12)3-4-10(11)16(17)18/h3-6,14H,12H2,1-2H3. The largest absolute Gasteiger partial charge is 0.399 e. The van der Waals surface area contributed by atoms with Crippen molar-refractivity contribution in [1.29, 1.82) is 0 Å². The van der Waals surface area contributed by atoms with Crippen LogP contribution in [0.1, 0.15) is 5.69 Å². The van der Waals surface area contributed by atoms with Crippen molar-refractivity contribution < 1.29 is 13.3 Å². The van der Waals surface area contributed by atoms with E-state index in [2.05, 4.69) is 9.82 Å². The summed E-state index contributed by atoms with van der Waals surface area (Å²) >= 11 is 0. The highest BCUT2D eigenvalue weighted by Crippen LogP contribution is 2.28. The quantitative estimate of drug-likeness (QED) is 0.492. The van der Waals surface area contributed by atoms with Gasteiger partial charge in [-0.25, -0.2) is 8.42 Å². The molecule has 112 valence electrons. The minimum atomic E-state index is -4.15. The van der Waals surface area contributed by atoms with Crippen LogP contribution >= 0.6 is 0 Å². The van der Waals surface area contributed by atoms with Crippen LogP contribution in [-0.2, 0) is 17.1 Å². The Bertz CT molecular complexity index is 812. The molecule has 1 heterocycles. The Morgan fingerprint density at radius 2 is 2.10 bits per heavy atom. The molecule has 0 fully saturated rings. The van der Waals surface area contributed by atoms with E-state index in [0.717, 1.165) is 12.1 Å². The molecule has 0 spiro atoms. The van der Waals surface area contributed by atoms with Gasteiger partial charge in [-0.3, -0.25) is 19.5 Å². The van der Waals surface area contributed by atoms with Crippen LogP contribution in [0.4, 0.5) is 17.1 Å². The second kappa shape index (κ2) is 5.05. The first-order valence-corrected chi connectivity index (χ1v) is 7.26. The number of benzene rings is 1. The van der Waals surface area contributed by atoms with E-state index in [4.69, 9.17) is 5.73 Å². The summed E-state index contributed by atoms with van der Waals surface area (Å²) in [5.41, 5.74) is 5.79. The number of nitrogens with zero attached hydrogens (tertiary/aromatic N) is 3. The van der Waals surface area contributed by atoms with Crippen molar-refractivity contribution in [1.82, 2.24) is 9.78 Å². The number of anilines is 2. The predicted octanol–water partition coefficient (Wildman–Crippen LogP) is 1.02. The Morgan fingerprint density at radius 3 is 2.62 bits per heavy atom. The normalized spacial score (nSPS) is 11.3. The van der Waals surface area contributed by atoms with Gasteiger partial charge in [0.15, 0.2) is 4.90 Å². The summed E-state index contributed by atoms with van der Waals surface area (Å²) in [6, 6.07) is 3.37. The average molecular weight is 311 g/mol. The monoisotopic (exact) mass is 311 g/mol. The molecule has 21 heavy (non-hydrogen) atoms. The molecule has 0 saturated heterocycles. The molecule has 3 N–H and O–H groups in total. The van der Waals surface area contributed by atoms with Gasteiger partial charge in [-0.2, -0.15) is 5.10 Å². The summed E-state index contributed by atoms with van der Waals surface area (Å²) in [6.07, 6.45) is 1.46. The molecule has 0 aliphatic rings. The number of hydrogen-bond acceptors (Lipinski definition) is 6. The van der Waals surface area contributed by atoms with E-state index < -0.39 is 25.5 Å². The minimum absolute atomic E-state index is 0.115. The van der Waals surface area contributed by atoms with Gasteiger partial charge in [-0.1, -0.05) is 0 Å². The van der Waals surface area contributed by atoms with Crippen molar-refractivity contribution in [2.24, 2.45) is 7.05 Å². The first-order valence-electron chi connectivity index (χ1n) is 5.77. The summed E-state index contributed by atoms with van der Waals surface area (Å²) in [7, 11) is -2.51. The van der Waals surface area contributed by atoms with Crippen LogP contribution in [0.2, 0.25) is 0 Å². The van der Waals surface area contributed by atoms with Crippen molar-refractivity contribution in [3.05, 3.63) is 40.2 Å². The van der Waals surface area contributed by atoms with Crippen molar-refractivity contribution >= 4 is 27.1 Å². The zero-order valence-corrected chi connectivity index (χ0v) is 12.1. The van der Waals surface area contributed by atoms with E-state index in [1.165, 1.54) is 16.9 Å². The fraction of sp³-hybridized carbons (Fsp3) is 0.182. The molecule has 0 bridgehead atoms. The number of nitrogens with two attached hydrogens (primary N) is 1. The van der Waals surface area contributed by atoms with Crippen LogP contribution in [0.5, 0.6) is 0 Å². The van der Waals surface area contributed by atoms with Crippen molar-refractivity contribution in [3.63, 3.8) is 0 Å². The van der Waals surface area contributed by atoms with Gasteiger partial charge >= 0.3 is 0 Å². The lowest BCUT2D eigenvalue weighted by molar-refractivity contribution is -0.387. The van der Waals surface area contributed by atoms with Gasteiger partial charge in [0.25, 0.3) is 15.7 Å². The maximum absolute atomic E-state index is 12.3. The number of nitro benzene ring substituents is 1. The number of sulfonamides is 1. The van der Waals surface area contributed by atoms with Crippen LogP contribution in [0, 0.1) is 17.0 Å². The molecule has 1 aromatic carbocycles. The Hall–Kier alpha value is -2.62. The molecule has 1 aromatic heterocycles. The van der Waals surface area contributed by atoms with Crippen LogP contribution in [-0.4, -0.2) is 23.1 Å². The Kier molecular flexibility index (Phi) is 3.56. The molecule has 0 radical (unpaired) electrons. The van der Waals surface area contributed by atoms with Crippen molar-refractivity contribution in [3.8, 4) is 0 Å². The highest BCUT2D eigenvalue weighted by Gasteiger charge is 2.27. The van der Waals surface area contributed by atoms with E-state index in [1.54, 1.807) is 14.0 Å².